The lowest BCUT2D eigenvalue weighted by Crippen LogP contribution is -2.35. The van der Waals surface area contributed by atoms with Gasteiger partial charge in [-0.15, -0.1) is 0 Å². The molecule has 1 aromatic rings. The summed E-state index contributed by atoms with van der Waals surface area (Å²) >= 11 is 0. The van der Waals surface area contributed by atoms with E-state index in [1.165, 1.54) is 11.1 Å². The van der Waals surface area contributed by atoms with Crippen LogP contribution in [0.3, 0.4) is 0 Å². The lowest BCUT2D eigenvalue weighted by atomic mass is 9.92. The van der Waals surface area contributed by atoms with Gasteiger partial charge in [0.2, 0.25) is 0 Å². The molecular formula is C14H21N. The normalized spacial score (nSPS) is 11.9. The maximum atomic E-state index is 3.94. The number of benzene rings is 1. The molecule has 0 saturated carbocycles. The molecule has 0 aliphatic rings. The molecule has 0 fully saturated rings. The highest BCUT2D eigenvalue weighted by Crippen LogP contribution is 2.26. The fourth-order valence-electron chi connectivity index (χ4n) is 1.42. The minimum absolute atomic E-state index is 0.0770. The van der Waals surface area contributed by atoms with E-state index in [1.54, 1.807) is 0 Å². The number of hydrogen-bond acceptors (Lipinski definition) is 1. The molecule has 0 amide bonds. The van der Waals surface area contributed by atoms with Crippen molar-refractivity contribution in [3.05, 3.63) is 42.0 Å². The molecule has 0 N–H and O–H groups in total. The zero-order valence-corrected chi connectivity index (χ0v) is 10.5. The Morgan fingerprint density at radius 3 is 1.93 bits per heavy atom. The van der Waals surface area contributed by atoms with Crippen molar-refractivity contribution in [3.8, 4) is 0 Å². The van der Waals surface area contributed by atoms with Crippen LogP contribution in [0.25, 0.3) is 5.57 Å². The van der Waals surface area contributed by atoms with Gasteiger partial charge in [0, 0.05) is 5.54 Å². The Bertz CT molecular complexity index is 344. The Hall–Kier alpha value is -1.08. The van der Waals surface area contributed by atoms with Crippen LogP contribution in [-0.2, 0) is 5.54 Å². The molecule has 15 heavy (non-hydrogen) atoms. The molecule has 0 atom stereocenters. The molecule has 0 spiro atoms. The third-order valence-electron chi connectivity index (χ3n) is 3.20. The van der Waals surface area contributed by atoms with Crippen molar-refractivity contribution in [1.82, 2.24) is 4.90 Å². The van der Waals surface area contributed by atoms with Crippen LogP contribution in [-0.4, -0.2) is 19.0 Å². The van der Waals surface area contributed by atoms with Crippen LogP contribution in [0.5, 0.6) is 0 Å². The van der Waals surface area contributed by atoms with E-state index in [2.05, 4.69) is 63.7 Å². The predicted octanol–water partition coefficient (Wildman–Crippen LogP) is 3.52. The van der Waals surface area contributed by atoms with Crippen LogP contribution >= 0.6 is 0 Å². The van der Waals surface area contributed by atoms with E-state index in [0.29, 0.717) is 0 Å². The fourth-order valence-corrected chi connectivity index (χ4v) is 1.42. The standard InChI is InChI=1S/C14H21N/c1-11(2)12-7-9-13(10-8-12)14(3,4)15(5)6/h7-10H,1H2,2-6H3. The summed E-state index contributed by atoms with van der Waals surface area (Å²) < 4.78 is 0. The van der Waals surface area contributed by atoms with Crippen LogP contribution in [0.15, 0.2) is 30.8 Å². The van der Waals surface area contributed by atoms with Crippen LogP contribution in [0, 0.1) is 0 Å². The Morgan fingerprint density at radius 1 is 1.13 bits per heavy atom. The summed E-state index contributed by atoms with van der Waals surface area (Å²) in [6.07, 6.45) is 0. The van der Waals surface area contributed by atoms with Gasteiger partial charge >= 0.3 is 0 Å². The molecule has 0 aromatic heterocycles. The van der Waals surface area contributed by atoms with E-state index >= 15 is 0 Å². The Balaban J connectivity index is 3.04. The summed E-state index contributed by atoms with van der Waals surface area (Å²) in [5, 5.41) is 0. The van der Waals surface area contributed by atoms with Gasteiger partial charge in [0.25, 0.3) is 0 Å². The smallest absolute Gasteiger partial charge is 0.0398 e. The number of nitrogens with zero attached hydrogens (tertiary/aromatic N) is 1. The van der Waals surface area contributed by atoms with Crippen LogP contribution in [0.1, 0.15) is 31.9 Å². The van der Waals surface area contributed by atoms with Gasteiger partial charge in [-0.2, -0.15) is 0 Å². The third kappa shape index (κ3) is 2.48. The van der Waals surface area contributed by atoms with Gasteiger partial charge in [-0.3, -0.25) is 0 Å². The van der Waals surface area contributed by atoms with Gasteiger partial charge in [-0.05, 0) is 46.0 Å². The maximum Gasteiger partial charge on any atom is 0.0398 e. The van der Waals surface area contributed by atoms with E-state index in [9.17, 15) is 0 Å². The molecule has 0 aliphatic heterocycles. The summed E-state index contributed by atoms with van der Waals surface area (Å²) in [6.45, 7) is 10.4. The second-order valence-corrected chi connectivity index (χ2v) is 4.81. The molecule has 1 heteroatoms. The monoisotopic (exact) mass is 203 g/mol. The SMILES string of the molecule is C=C(C)c1ccc(C(C)(C)N(C)C)cc1. The van der Waals surface area contributed by atoms with Crippen molar-refractivity contribution < 1.29 is 0 Å². The molecule has 82 valence electrons. The fraction of sp³-hybridized carbons (Fsp3) is 0.429. The summed E-state index contributed by atoms with van der Waals surface area (Å²) in [7, 11) is 4.21. The molecule has 0 saturated heterocycles. The maximum absolute atomic E-state index is 3.94. The van der Waals surface area contributed by atoms with Crippen molar-refractivity contribution in [2.45, 2.75) is 26.3 Å². The first-order valence-electron chi connectivity index (χ1n) is 5.29. The van der Waals surface area contributed by atoms with Gasteiger partial charge in [0.1, 0.15) is 0 Å². The van der Waals surface area contributed by atoms with E-state index < -0.39 is 0 Å². The Labute approximate surface area is 93.4 Å². The van der Waals surface area contributed by atoms with Crippen molar-refractivity contribution >= 4 is 5.57 Å². The zero-order chi connectivity index (χ0) is 11.6. The summed E-state index contributed by atoms with van der Waals surface area (Å²) in [6, 6.07) is 8.65. The van der Waals surface area contributed by atoms with Crippen molar-refractivity contribution in [2.75, 3.05) is 14.1 Å². The second kappa shape index (κ2) is 4.19. The topological polar surface area (TPSA) is 3.24 Å². The quantitative estimate of drug-likeness (QED) is 0.726. The van der Waals surface area contributed by atoms with Crippen molar-refractivity contribution in [2.24, 2.45) is 0 Å². The van der Waals surface area contributed by atoms with Gasteiger partial charge in [0.15, 0.2) is 0 Å². The van der Waals surface area contributed by atoms with Crippen molar-refractivity contribution in [3.63, 3.8) is 0 Å². The first kappa shape index (κ1) is 12.0. The van der Waals surface area contributed by atoms with Crippen LogP contribution in [0.2, 0.25) is 0 Å². The number of rotatable bonds is 3. The molecule has 1 rings (SSSR count). The van der Waals surface area contributed by atoms with Gasteiger partial charge < -0.3 is 4.90 Å². The van der Waals surface area contributed by atoms with Gasteiger partial charge in [-0.25, -0.2) is 0 Å². The second-order valence-electron chi connectivity index (χ2n) is 4.81. The lowest BCUT2D eigenvalue weighted by molar-refractivity contribution is 0.198. The molecule has 1 nitrogen and oxygen atoms in total. The van der Waals surface area contributed by atoms with Gasteiger partial charge in [0.05, 0.1) is 0 Å². The molecule has 0 unspecified atom stereocenters. The summed E-state index contributed by atoms with van der Waals surface area (Å²) in [5.41, 5.74) is 3.74. The molecule has 0 radical (unpaired) electrons. The third-order valence-corrected chi connectivity index (χ3v) is 3.20. The highest BCUT2D eigenvalue weighted by molar-refractivity contribution is 5.61. The molecule has 0 bridgehead atoms. The van der Waals surface area contributed by atoms with E-state index in [0.717, 1.165) is 5.57 Å². The highest BCUT2D eigenvalue weighted by Gasteiger charge is 2.22. The average Bonchev–Trinajstić information content (AvgIpc) is 2.17. The number of hydrogen-bond donors (Lipinski definition) is 0. The predicted molar refractivity (Wildman–Crippen MR) is 67.9 cm³/mol. The zero-order valence-electron chi connectivity index (χ0n) is 10.5. The minimum Gasteiger partial charge on any atom is -0.300 e. The van der Waals surface area contributed by atoms with Crippen molar-refractivity contribution in [1.29, 1.82) is 0 Å². The summed E-state index contributed by atoms with van der Waals surface area (Å²) in [4.78, 5) is 2.22. The highest BCUT2D eigenvalue weighted by atomic mass is 15.1. The van der Waals surface area contributed by atoms with E-state index in [-0.39, 0.29) is 5.54 Å². The van der Waals surface area contributed by atoms with Crippen LogP contribution in [0.4, 0.5) is 0 Å². The number of allylic oxidation sites excluding steroid dienone is 1. The first-order chi connectivity index (χ1) is 6.85. The molecule has 0 heterocycles. The molecule has 0 aliphatic carbocycles. The average molecular weight is 203 g/mol. The lowest BCUT2D eigenvalue weighted by Gasteiger charge is -2.33. The Morgan fingerprint density at radius 2 is 1.60 bits per heavy atom. The molecule has 1 aromatic carbocycles. The molecular weight excluding hydrogens is 182 g/mol. The largest absolute Gasteiger partial charge is 0.300 e. The van der Waals surface area contributed by atoms with Crippen LogP contribution < -0.4 is 0 Å². The Kier molecular flexibility index (Phi) is 3.35. The van der Waals surface area contributed by atoms with Gasteiger partial charge in [-0.1, -0.05) is 36.4 Å². The minimum atomic E-state index is 0.0770. The summed E-state index contributed by atoms with van der Waals surface area (Å²) in [5.74, 6) is 0. The van der Waals surface area contributed by atoms with E-state index in [1.807, 2.05) is 6.92 Å². The van der Waals surface area contributed by atoms with E-state index in [4.69, 9.17) is 0 Å². The first-order valence-corrected chi connectivity index (χ1v) is 5.29.